The van der Waals surface area contributed by atoms with Crippen LogP contribution in [0, 0.1) is 0 Å². The van der Waals surface area contributed by atoms with Crippen molar-refractivity contribution in [1.29, 1.82) is 0 Å². The molecule has 160 valence electrons. The van der Waals surface area contributed by atoms with Gasteiger partial charge in [-0.3, -0.25) is 9.20 Å². The molecule has 8 heteroatoms. The Labute approximate surface area is 192 Å². The molecule has 1 saturated heterocycles. The fourth-order valence-electron chi connectivity index (χ4n) is 4.00. The lowest BCUT2D eigenvalue weighted by Gasteiger charge is -2.17. The minimum absolute atomic E-state index is 0.0262. The van der Waals surface area contributed by atoms with Gasteiger partial charge >= 0.3 is 0 Å². The highest BCUT2D eigenvalue weighted by atomic mass is 79.9. The number of benzene rings is 2. The van der Waals surface area contributed by atoms with Gasteiger partial charge in [0.05, 0.1) is 27.9 Å². The standard InChI is InChI=1S/C23H23BrN4O2S/c1-2-20(22(29)25-13-15-6-5-11-30-15)31-23-27-17-10-9-14(24)12-16(17)21-26-18-7-3-4-8-19(18)28(21)23/h3-4,7-10,12,15,20H,2,5-6,11,13H2,1H3,(H,25,29). The number of aromatic nitrogens is 3. The molecule has 0 spiro atoms. The minimum atomic E-state index is -0.244. The second-order valence-electron chi connectivity index (χ2n) is 7.71. The summed E-state index contributed by atoms with van der Waals surface area (Å²) >= 11 is 5.06. The number of carbonyl (C=O) groups is 1. The van der Waals surface area contributed by atoms with E-state index in [4.69, 9.17) is 14.7 Å². The van der Waals surface area contributed by atoms with Crippen LogP contribution < -0.4 is 5.32 Å². The van der Waals surface area contributed by atoms with E-state index in [1.54, 1.807) is 0 Å². The number of hydrogen-bond acceptors (Lipinski definition) is 5. The Bertz CT molecular complexity index is 1270. The van der Waals surface area contributed by atoms with Crippen molar-refractivity contribution in [2.45, 2.75) is 42.7 Å². The molecular weight excluding hydrogens is 476 g/mol. The Morgan fingerprint density at radius 2 is 2.16 bits per heavy atom. The van der Waals surface area contributed by atoms with E-state index in [2.05, 4.69) is 25.6 Å². The van der Waals surface area contributed by atoms with Crippen LogP contribution in [0.25, 0.3) is 27.6 Å². The number of carbonyl (C=O) groups excluding carboxylic acids is 1. The second kappa shape index (κ2) is 8.76. The second-order valence-corrected chi connectivity index (χ2v) is 9.80. The Hall–Kier alpha value is -2.16. The van der Waals surface area contributed by atoms with Crippen LogP contribution in [-0.2, 0) is 9.53 Å². The van der Waals surface area contributed by atoms with Crippen molar-refractivity contribution in [3.05, 3.63) is 46.9 Å². The van der Waals surface area contributed by atoms with E-state index in [0.29, 0.717) is 13.0 Å². The molecule has 1 N–H and O–H groups in total. The maximum Gasteiger partial charge on any atom is 0.233 e. The predicted molar refractivity (Wildman–Crippen MR) is 128 cm³/mol. The number of halogens is 1. The van der Waals surface area contributed by atoms with Crippen LogP contribution in [0.3, 0.4) is 0 Å². The maximum atomic E-state index is 12.9. The van der Waals surface area contributed by atoms with Crippen LogP contribution in [-0.4, -0.2) is 44.8 Å². The molecule has 1 fully saturated rings. The molecule has 2 atom stereocenters. The average molecular weight is 499 g/mol. The number of ether oxygens (including phenoxy) is 1. The van der Waals surface area contributed by atoms with E-state index in [-0.39, 0.29) is 17.3 Å². The van der Waals surface area contributed by atoms with Gasteiger partial charge in [0.1, 0.15) is 5.65 Å². The number of rotatable bonds is 6. The lowest BCUT2D eigenvalue weighted by atomic mass is 10.2. The van der Waals surface area contributed by atoms with Crippen molar-refractivity contribution in [3.8, 4) is 0 Å². The van der Waals surface area contributed by atoms with E-state index in [1.165, 1.54) is 11.8 Å². The summed E-state index contributed by atoms with van der Waals surface area (Å²) in [6.45, 7) is 3.39. The van der Waals surface area contributed by atoms with E-state index in [9.17, 15) is 4.79 Å². The number of nitrogens with one attached hydrogen (secondary N) is 1. The maximum absolute atomic E-state index is 12.9. The summed E-state index contributed by atoms with van der Waals surface area (Å²) in [5.74, 6) is 0.0262. The number of hydrogen-bond donors (Lipinski definition) is 1. The zero-order chi connectivity index (χ0) is 21.4. The van der Waals surface area contributed by atoms with Crippen LogP contribution in [0.2, 0.25) is 0 Å². The van der Waals surface area contributed by atoms with Gasteiger partial charge in [0.2, 0.25) is 5.91 Å². The van der Waals surface area contributed by atoms with Crippen LogP contribution in [0.1, 0.15) is 26.2 Å². The molecular formula is C23H23BrN4O2S. The zero-order valence-electron chi connectivity index (χ0n) is 17.2. The number of thioether (sulfide) groups is 1. The third-order valence-corrected chi connectivity index (χ3v) is 7.42. The summed E-state index contributed by atoms with van der Waals surface area (Å²) in [6.07, 6.45) is 2.91. The van der Waals surface area contributed by atoms with E-state index >= 15 is 0 Å². The molecule has 2 aromatic carbocycles. The Morgan fingerprint density at radius 3 is 2.97 bits per heavy atom. The van der Waals surface area contributed by atoms with Gasteiger partial charge in [-0.25, -0.2) is 9.97 Å². The number of nitrogens with zero attached hydrogens (tertiary/aromatic N) is 3. The molecule has 0 aliphatic carbocycles. The van der Waals surface area contributed by atoms with Crippen molar-refractivity contribution >= 4 is 61.2 Å². The predicted octanol–water partition coefficient (Wildman–Crippen LogP) is 4.96. The van der Waals surface area contributed by atoms with Gasteiger partial charge < -0.3 is 10.1 Å². The molecule has 2 unspecified atom stereocenters. The lowest BCUT2D eigenvalue weighted by molar-refractivity contribution is -0.121. The van der Waals surface area contributed by atoms with Gasteiger partial charge in [0, 0.05) is 23.0 Å². The minimum Gasteiger partial charge on any atom is -0.376 e. The summed E-state index contributed by atoms with van der Waals surface area (Å²) in [6, 6.07) is 14.1. The highest BCUT2D eigenvalue weighted by molar-refractivity contribution is 9.10. The molecule has 1 amide bonds. The molecule has 6 nitrogen and oxygen atoms in total. The first-order valence-corrected chi connectivity index (χ1v) is 12.2. The van der Waals surface area contributed by atoms with Gasteiger partial charge in [0.15, 0.2) is 5.16 Å². The fourth-order valence-corrected chi connectivity index (χ4v) is 5.41. The van der Waals surface area contributed by atoms with Gasteiger partial charge in [0.25, 0.3) is 0 Å². The third-order valence-electron chi connectivity index (χ3n) is 5.61. The Kier molecular flexibility index (Phi) is 5.86. The SMILES string of the molecule is CCC(Sc1nc2ccc(Br)cc2c2nc3ccccc3n12)C(=O)NCC1CCCO1. The smallest absolute Gasteiger partial charge is 0.233 e. The first kappa shape index (κ1) is 20.7. The van der Waals surface area contributed by atoms with Gasteiger partial charge in [-0.15, -0.1) is 0 Å². The third kappa shape index (κ3) is 4.04. The van der Waals surface area contributed by atoms with Crippen molar-refractivity contribution < 1.29 is 9.53 Å². The molecule has 31 heavy (non-hydrogen) atoms. The summed E-state index contributed by atoms with van der Waals surface area (Å²) in [5.41, 5.74) is 3.62. The van der Waals surface area contributed by atoms with Crippen molar-refractivity contribution in [2.75, 3.05) is 13.2 Å². The zero-order valence-corrected chi connectivity index (χ0v) is 19.6. The van der Waals surface area contributed by atoms with Crippen molar-refractivity contribution in [3.63, 3.8) is 0 Å². The van der Waals surface area contributed by atoms with Gasteiger partial charge in [-0.1, -0.05) is 46.7 Å². The monoisotopic (exact) mass is 498 g/mol. The summed E-state index contributed by atoms with van der Waals surface area (Å²) in [4.78, 5) is 22.8. The topological polar surface area (TPSA) is 68.5 Å². The van der Waals surface area contributed by atoms with Gasteiger partial charge in [-0.2, -0.15) is 0 Å². The van der Waals surface area contributed by atoms with Crippen molar-refractivity contribution in [2.24, 2.45) is 0 Å². The summed E-state index contributed by atoms with van der Waals surface area (Å²) < 4.78 is 8.69. The van der Waals surface area contributed by atoms with E-state index < -0.39 is 0 Å². The average Bonchev–Trinajstić information content (AvgIpc) is 3.44. The summed E-state index contributed by atoms with van der Waals surface area (Å²) in [7, 11) is 0. The van der Waals surface area contributed by atoms with Crippen LogP contribution in [0.4, 0.5) is 0 Å². The lowest BCUT2D eigenvalue weighted by Crippen LogP contribution is -2.37. The van der Waals surface area contributed by atoms with Crippen LogP contribution in [0.5, 0.6) is 0 Å². The van der Waals surface area contributed by atoms with E-state index in [1.807, 2.05) is 49.4 Å². The molecule has 3 heterocycles. The Morgan fingerprint density at radius 1 is 1.29 bits per heavy atom. The highest BCUT2D eigenvalue weighted by Gasteiger charge is 2.24. The van der Waals surface area contributed by atoms with Gasteiger partial charge in [-0.05, 0) is 49.6 Å². The molecule has 5 rings (SSSR count). The highest BCUT2D eigenvalue weighted by Crippen LogP contribution is 2.32. The first-order valence-electron chi connectivity index (χ1n) is 10.6. The molecule has 0 bridgehead atoms. The number of imidazole rings is 1. The molecule has 4 aromatic rings. The van der Waals surface area contributed by atoms with Crippen molar-refractivity contribution in [1.82, 2.24) is 19.7 Å². The van der Waals surface area contributed by atoms with Crippen LogP contribution in [0.15, 0.2) is 52.1 Å². The molecule has 1 aliphatic heterocycles. The number of fused-ring (bicyclic) bond motifs is 5. The Balaban J connectivity index is 1.54. The molecule has 2 aromatic heterocycles. The number of para-hydroxylation sites is 2. The van der Waals surface area contributed by atoms with Crippen LogP contribution >= 0.6 is 27.7 Å². The normalized spacial score (nSPS) is 17.5. The molecule has 0 radical (unpaired) electrons. The largest absolute Gasteiger partial charge is 0.376 e. The summed E-state index contributed by atoms with van der Waals surface area (Å²) in [5, 5.41) is 4.58. The first-order chi connectivity index (χ1) is 15.1. The molecule has 1 aliphatic rings. The quantitative estimate of drug-likeness (QED) is 0.300. The number of amides is 1. The fraction of sp³-hybridized carbons (Fsp3) is 0.348. The van der Waals surface area contributed by atoms with E-state index in [0.717, 1.165) is 56.7 Å². The molecule has 0 saturated carbocycles.